The lowest BCUT2D eigenvalue weighted by Crippen LogP contribution is -1.56. The van der Waals surface area contributed by atoms with Crippen molar-refractivity contribution in [3.05, 3.63) is 0 Å². The normalized spacial score (nSPS) is 6.00. The van der Waals surface area contributed by atoms with Crippen LogP contribution in [0.5, 0.6) is 0 Å². The van der Waals surface area contributed by atoms with E-state index in [1.165, 1.54) is 6.42 Å². The van der Waals surface area contributed by atoms with Gasteiger partial charge in [0.05, 0.1) is 0 Å². The van der Waals surface area contributed by atoms with Crippen molar-refractivity contribution < 1.29 is 0 Å². The van der Waals surface area contributed by atoms with E-state index in [2.05, 4.69) is 19.6 Å². The second-order valence-corrected chi connectivity index (χ2v) is 1.17. The third-order valence-electron chi connectivity index (χ3n) is 0.224. The molecule has 34 valence electrons. The first-order valence-electron chi connectivity index (χ1n) is 1.52. The molecule has 0 amide bonds. The lowest BCUT2D eigenvalue weighted by atomic mass is 10.6. The van der Waals surface area contributed by atoms with Gasteiger partial charge in [-0.25, -0.2) is 0 Å². The molecule has 0 unspecified atom stereocenters. The fourth-order valence-corrected chi connectivity index (χ4v) is 0. The van der Waals surface area contributed by atoms with Gasteiger partial charge in [-0.1, -0.05) is 6.92 Å². The standard InChI is InChI=1S/C3H8S.H4Si/c1-2-3-4;/h4H,2-3H2,1H3;1H4. The van der Waals surface area contributed by atoms with E-state index in [0.717, 1.165) is 5.75 Å². The third kappa shape index (κ3) is 12.3. The summed E-state index contributed by atoms with van der Waals surface area (Å²) in [5.74, 6) is 1.01. The molecule has 0 radical (unpaired) electrons. The van der Waals surface area contributed by atoms with Crippen molar-refractivity contribution >= 4 is 23.6 Å². The van der Waals surface area contributed by atoms with Gasteiger partial charge in [0.1, 0.15) is 0 Å². The molecule has 0 N–H and O–H groups in total. The Balaban J connectivity index is 0. The minimum Gasteiger partial charge on any atom is -0.179 e. The molecule has 5 heavy (non-hydrogen) atoms. The zero-order chi connectivity index (χ0) is 3.41. The predicted molar refractivity (Wildman–Crippen MR) is 35.5 cm³/mol. The van der Waals surface area contributed by atoms with Crippen molar-refractivity contribution in [1.82, 2.24) is 0 Å². The summed E-state index contributed by atoms with van der Waals surface area (Å²) in [5, 5.41) is 0. The lowest BCUT2D eigenvalue weighted by Gasteiger charge is -1.67. The largest absolute Gasteiger partial charge is 0.179 e. The van der Waals surface area contributed by atoms with Crippen LogP contribution < -0.4 is 0 Å². The van der Waals surface area contributed by atoms with Gasteiger partial charge in [-0.3, -0.25) is 0 Å². The zero-order valence-electron chi connectivity index (χ0n) is 2.86. The maximum absolute atomic E-state index is 3.92. The van der Waals surface area contributed by atoms with Crippen LogP contribution in [-0.2, 0) is 0 Å². The Morgan fingerprint density at radius 3 is 1.80 bits per heavy atom. The highest BCUT2D eigenvalue weighted by Gasteiger charge is 1.57. The van der Waals surface area contributed by atoms with E-state index in [-0.39, 0.29) is 11.0 Å². The molecule has 0 heterocycles. The quantitative estimate of drug-likeness (QED) is 0.351. The number of hydrogen-bond acceptors (Lipinski definition) is 1. The predicted octanol–water partition coefficient (Wildman–Crippen LogP) is -0.125. The van der Waals surface area contributed by atoms with E-state index in [1.54, 1.807) is 0 Å². The minimum absolute atomic E-state index is 0. The molecule has 0 nitrogen and oxygen atoms in total. The van der Waals surface area contributed by atoms with Crippen LogP contribution in [0, 0.1) is 0 Å². The maximum atomic E-state index is 3.92. The molecule has 0 rings (SSSR count). The summed E-state index contributed by atoms with van der Waals surface area (Å²) < 4.78 is 0. The van der Waals surface area contributed by atoms with E-state index in [1.807, 2.05) is 0 Å². The fraction of sp³-hybridized carbons (Fsp3) is 1.00. The molecule has 0 saturated carbocycles. The van der Waals surface area contributed by atoms with Gasteiger partial charge in [0.15, 0.2) is 0 Å². The minimum atomic E-state index is 0. The van der Waals surface area contributed by atoms with Crippen LogP contribution in [-0.4, -0.2) is 16.7 Å². The molecule has 0 spiro atoms. The molecule has 0 aliphatic carbocycles. The summed E-state index contributed by atoms with van der Waals surface area (Å²) in [4.78, 5) is 0. The Hall–Kier alpha value is 0.567. The smallest absolute Gasteiger partial charge is 0.0101 e. The van der Waals surface area contributed by atoms with Crippen LogP contribution in [0.2, 0.25) is 0 Å². The Morgan fingerprint density at radius 1 is 1.60 bits per heavy atom. The summed E-state index contributed by atoms with van der Waals surface area (Å²) in [6.45, 7) is 2.10. The van der Waals surface area contributed by atoms with Crippen molar-refractivity contribution in [2.24, 2.45) is 0 Å². The maximum Gasteiger partial charge on any atom is -0.0101 e. The highest BCUT2D eigenvalue weighted by Crippen LogP contribution is 1.74. The molecule has 0 aromatic rings. The molecule has 0 aromatic carbocycles. The highest BCUT2D eigenvalue weighted by atomic mass is 32.1. The monoisotopic (exact) mass is 108 g/mol. The molecule has 0 fully saturated rings. The number of thiol groups is 1. The second kappa shape index (κ2) is 8.82. The average Bonchev–Trinajstić information content (AvgIpc) is 1.37. The lowest BCUT2D eigenvalue weighted by molar-refractivity contribution is 1.11. The summed E-state index contributed by atoms with van der Waals surface area (Å²) in [6, 6.07) is 0. The second-order valence-electron chi connectivity index (χ2n) is 0.724. The van der Waals surface area contributed by atoms with Crippen molar-refractivity contribution in [2.75, 3.05) is 5.75 Å². The Morgan fingerprint density at radius 2 is 1.80 bits per heavy atom. The van der Waals surface area contributed by atoms with Gasteiger partial charge in [-0.15, -0.1) is 0 Å². The van der Waals surface area contributed by atoms with Crippen LogP contribution >= 0.6 is 12.6 Å². The van der Waals surface area contributed by atoms with Gasteiger partial charge in [0, 0.05) is 0 Å². The van der Waals surface area contributed by atoms with E-state index in [0.29, 0.717) is 0 Å². The first-order valence-corrected chi connectivity index (χ1v) is 2.16. The van der Waals surface area contributed by atoms with Gasteiger partial charge >= 0.3 is 0 Å². The van der Waals surface area contributed by atoms with Crippen LogP contribution in [0.3, 0.4) is 0 Å². The number of hydrogen-bond donors (Lipinski definition) is 1. The van der Waals surface area contributed by atoms with Crippen molar-refractivity contribution in [3.8, 4) is 0 Å². The van der Waals surface area contributed by atoms with Gasteiger partial charge in [0.25, 0.3) is 0 Å². The molecular weight excluding hydrogens is 96.2 g/mol. The molecule has 0 saturated heterocycles. The summed E-state index contributed by atoms with van der Waals surface area (Å²) in [6.07, 6.45) is 1.18. The van der Waals surface area contributed by atoms with Crippen molar-refractivity contribution in [2.45, 2.75) is 13.3 Å². The van der Waals surface area contributed by atoms with Gasteiger partial charge < -0.3 is 0 Å². The zero-order valence-corrected chi connectivity index (χ0v) is 3.76. The topological polar surface area (TPSA) is 0 Å². The Bertz CT molecular complexity index is 8.85. The first kappa shape index (κ1) is 9.13. The molecule has 0 aromatic heterocycles. The van der Waals surface area contributed by atoms with E-state index in [9.17, 15) is 0 Å². The highest BCUT2D eigenvalue weighted by molar-refractivity contribution is 7.80. The van der Waals surface area contributed by atoms with Crippen LogP contribution in [0.4, 0.5) is 0 Å². The van der Waals surface area contributed by atoms with Gasteiger partial charge in [0.2, 0.25) is 0 Å². The third-order valence-corrected chi connectivity index (χ3v) is 0.671. The molecule has 2 heteroatoms. The van der Waals surface area contributed by atoms with Crippen LogP contribution in [0.15, 0.2) is 0 Å². The molecule has 0 aliphatic rings. The van der Waals surface area contributed by atoms with Crippen molar-refractivity contribution in [3.63, 3.8) is 0 Å². The Kier molecular flexibility index (Phi) is 16.1. The van der Waals surface area contributed by atoms with E-state index >= 15 is 0 Å². The molecule has 0 bridgehead atoms. The van der Waals surface area contributed by atoms with Crippen LogP contribution in [0.1, 0.15) is 13.3 Å². The first-order chi connectivity index (χ1) is 1.91. The van der Waals surface area contributed by atoms with Crippen LogP contribution in [0.25, 0.3) is 0 Å². The summed E-state index contributed by atoms with van der Waals surface area (Å²) in [5.41, 5.74) is 0. The van der Waals surface area contributed by atoms with E-state index < -0.39 is 0 Å². The van der Waals surface area contributed by atoms with Gasteiger partial charge in [-0.05, 0) is 23.1 Å². The average molecular weight is 108 g/mol. The molecule has 0 aliphatic heterocycles. The summed E-state index contributed by atoms with van der Waals surface area (Å²) in [7, 11) is 0. The van der Waals surface area contributed by atoms with Gasteiger partial charge in [-0.2, -0.15) is 12.6 Å². The van der Waals surface area contributed by atoms with E-state index in [4.69, 9.17) is 0 Å². The molecular formula is C3H12SSi. The number of rotatable bonds is 1. The SMILES string of the molecule is CCCS.[SiH4]. The van der Waals surface area contributed by atoms with Crippen molar-refractivity contribution in [1.29, 1.82) is 0 Å². The Labute approximate surface area is 43.4 Å². The fourth-order valence-electron chi connectivity index (χ4n) is 0. The summed E-state index contributed by atoms with van der Waals surface area (Å²) >= 11 is 3.92. The molecule has 0 atom stereocenters.